The fourth-order valence-electron chi connectivity index (χ4n) is 2.93. The van der Waals surface area contributed by atoms with Crippen molar-refractivity contribution in [2.75, 3.05) is 0 Å². The van der Waals surface area contributed by atoms with E-state index in [0.29, 0.717) is 0 Å². The first-order chi connectivity index (χ1) is 10.1. The Labute approximate surface area is 130 Å². The summed E-state index contributed by atoms with van der Waals surface area (Å²) >= 11 is 6.29. The lowest BCUT2D eigenvalue weighted by Crippen LogP contribution is -2.12. The predicted octanol–water partition coefficient (Wildman–Crippen LogP) is 5.16. The number of hydrogen-bond acceptors (Lipinski definition) is 1. The molecule has 1 nitrogen and oxygen atoms in total. The van der Waals surface area contributed by atoms with Crippen molar-refractivity contribution >= 4 is 22.4 Å². The molecule has 0 fully saturated rings. The van der Waals surface area contributed by atoms with Crippen molar-refractivity contribution in [2.24, 2.45) is 5.73 Å². The van der Waals surface area contributed by atoms with E-state index in [4.69, 9.17) is 17.3 Å². The van der Waals surface area contributed by atoms with Crippen molar-refractivity contribution in [3.63, 3.8) is 0 Å². The summed E-state index contributed by atoms with van der Waals surface area (Å²) < 4.78 is 0. The largest absolute Gasteiger partial charge is 0.320 e. The maximum atomic E-state index is 6.53. The summed E-state index contributed by atoms with van der Waals surface area (Å²) in [5.74, 6) is 0. The van der Waals surface area contributed by atoms with Gasteiger partial charge in [-0.1, -0.05) is 71.3 Å². The zero-order valence-corrected chi connectivity index (χ0v) is 13.0. The number of aryl methyl sites for hydroxylation is 2. The highest BCUT2D eigenvalue weighted by atomic mass is 35.5. The second-order valence-electron chi connectivity index (χ2n) is 5.58. The molecule has 1 atom stereocenters. The molecule has 21 heavy (non-hydrogen) atoms. The van der Waals surface area contributed by atoms with Crippen LogP contribution in [0.2, 0.25) is 5.02 Å². The Morgan fingerprint density at radius 2 is 1.48 bits per heavy atom. The van der Waals surface area contributed by atoms with Crippen molar-refractivity contribution in [1.29, 1.82) is 0 Å². The van der Waals surface area contributed by atoms with Gasteiger partial charge in [-0.15, -0.1) is 0 Å². The lowest BCUT2D eigenvalue weighted by Gasteiger charge is -2.17. The van der Waals surface area contributed by atoms with Crippen LogP contribution in [0.5, 0.6) is 0 Å². The number of halogens is 1. The van der Waals surface area contributed by atoms with Gasteiger partial charge in [0.2, 0.25) is 0 Å². The van der Waals surface area contributed by atoms with Crippen LogP contribution in [0.25, 0.3) is 10.8 Å². The Bertz CT molecular complexity index is 788. The summed E-state index contributed by atoms with van der Waals surface area (Å²) in [6, 6.07) is 18.4. The predicted molar refractivity (Wildman–Crippen MR) is 90.9 cm³/mol. The van der Waals surface area contributed by atoms with Gasteiger partial charge in [-0.2, -0.15) is 0 Å². The van der Waals surface area contributed by atoms with Crippen LogP contribution in [0.1, 0.15) is 28.3 Å². The van der Waals surface area contributed by atoms with Gasteiger partial charge in [0, 0.05) is 10.4 Å². The molecule has 3 rings (SSSR count). The smallest absolute Gasteiger partial charge is 0.0557 e. The van der Waals surface area contributed by atoms with Crippen LogP contribution in [0.4, 0.5) is 0 Å². The molecule has 0 spiro atoms. The third kappa shape index (κ3) is 2.67. The molecule has 3 aromatic carbocycles. The first-order valence-corrected chi connectivity index (χ1v) is 7.45. The molecule has 0 aromatic heterocycles. The van der Waals surface area contributed by atoms with E-state index >= 15 is 0 Å². The Kier molecular flexibility index (Phi) is 3.71. The molecule has 2 heteroatoms. The van der Waals surface area contributed by atoms with Gasteiger partial charge in [-0.25, -0.2) is 0 Å². The van der Waals surface area contributed by atoms with E-state index in [-0.39, 0.29) is 6.04 Å². The number of hydrogen-bond donors (Lipinski definition) is 1. The summed E-state index contributed by atoms with van der Waals surface area (Å²) in [5, 5.41) is 2.94. The van der Waals surface area contributed by atoms with E-state index in [1.54, 1.807) is 0 Å². The molecule has 0 radical (unpaired) electrons. The van der Waals surface area contributed by atoms with Crippen LogP contribution in [0.3, 0.4) is 0 Å². The molecule has 0 amide bonds. The molecule has 3 aromatic rings. The van der Waals surface area contributed by atoms with Crippen molar-refractivity contribution < 1.29 is 0 Å². The summed E-state index contributed by atoms with van der Waals surface area (Å²) in [7, 11) is 0. The molecule has 0 heterocycles. The summed E-state index contributed by atoms with van der Waals surface area (Å²) in [4.78, 5) is 0. The van der Waals surface area contributed by atoms with Crippen LogP contribution in [0, 0.1) is 13.8 Å². The molecule has 1 unspecified atom stereocenters. The van der Waals surface area contributed by atoms with Gasteiger partial charge in [0.1, 0.15) is 0 Å². The normalized spacial score (nSPS) is 12.6. The van der Waals surface area contributed by atoms with Crippen LogP contribution < -0.4 is 5.73 Å². The topological polar surface area (TPSA) is 26.0 Å². The molecule has 0 aliphatic heterocycles. The number of fused-ring (bicyclic) bond motifs is 1. The first kappa shape index (κ1) is 14.1. The molecular formula is C19H18ClN. The zero-order valence-electron chi connectivity index (χ0n) is 12.2. The molecule has 106 valence electrons. The van der Waals surface area contributed by atoms with Crippen LogP contribution in [-0.2, 0) is 0 Å². The minimum Gasteiger partial charge on any atom is -0.320 e. The van der Waals surface area contributed by atoms with Gasteiger partial charge in [0.25, 0.3) is 0 Å². The maximum Gasteiger partial charge on any atom is 0.0557 e. The van der Waals surface area contributed by atoms with Gasteiger partial charge in [-0.05, 0) is 36.4 Å². The minimum atomic E-state index is -0.147. The highest BCUT2D eigenvalue weighted by molar-refractivity contribution is 6.35. The second-order valence-corrected chi connectivity index (χ2v) is 5.99. The fourth-order valence-corrected chi connectivity index (χ4v) is 3.15. The first-order valence-electron chi connectivity index (χ1n) is 7.07. The average molecular weight is 296 g/mol. The molecule has 0 saturated heterocycles. The number of benzene rings is 3. The minimum absolute atomic E-state index is 0.147. The quantitative estimate of drug-likeness (QED) is 0.694. The molecule has 2 N–H and O–H groups in total. The average Bonchev–Trinajstić information content (AvgIpc) is 2.46. The SMILES string of the molecule is Cc1cc(C)cc(C(N)c2ccc(Cl)c3ccccc23)c1. The standard InChI is InChI=1S/C19H18ClN/c1-12-9-13(2)11-14(10-12)19(21)17-7-8-18(20)16-6-4-3-5-15(16)17/h3-11,19H,21H2,1-2H3. The van der Waals surface area contributed by atoms with Crippen LogP contribution in [-0.4, -0.2) is 0 Å². The lowest BCUT2D eigenvalue weighted by molar-refractivity contribution is 0.877. The molecule has 0 aliphatic rings. The van der Waals surface area contributed by atoms with E-state index in [9.17, 15) is 0 Å². The fraction of sp³-hybridized carbons (Fsp3) is 0.158. The summed E-state index contributed by atoms with van der Waals surface area (Å²) in [6.07, 6.45) is 0. The van der Waals surface area contributed by atoms with Crippen LogP contribution in [0.15, 0.2) is 54.6 Å². The maximum absolute atomic E-state index is 6.53. The van der Waals surface area contributed by atoms with E-state index in [1.165, 1.54) is 11.1 Å². The lowest BCUT2D eigenvalue weighted by atomic mass is 9.92. The molecule has 0 bridgehead atoms. The van der Waals surface area contributed by atoms with Gasteiger partial charge in [0.05, 0.1) is 6.04 Å². The Morgan fingerprint density at radius 1 is 0.857 bits per heavy atom. The zero-order chi connectivity index (χ0) is 15.0. The second kappa shape index (κ2) is 5.51. The van der Waals surface area contributed by atoms with Crippen molar-refractivity contribution in [3.8, 4) is 0 Å². The monoisotopic (exact) mass is 295 g/mol. The van der Waals surface area contributed by atoms with E-state index in [0.717, 1.165) is 26.9 Å². The van der Waals surface area contributed by atoms with Crippen molar-refractivity contribution in [3.05, 3.63) is 81.9 Å². The van der Waals surface area contributed by atoms with Crippen molar-refractivity contribution in [2.45, 2.75) is 19.9 Å². The van der Waals surface area contributed by atoms with Gasteiger partial charge in [-0.3, -0.25) is 0 Å². The Morgan fingerprint density at radius 3 is 2.14 bits per heavy atom. The van der Waals surface area contributed by atoms with Crippen LogP contribution >= 0.6 is 11.6 Å². The number of rotatable bonds is 2. The molecule has 0 saturated carbocycles. The van der Waals surface area contributed by atoms with E-state index in [1.807, 2.05) is 30.3 Å². The Hall–Kier alpha value is -1.83. The van der Waals surface area contributed by atoms with E-state index in [2.05, 4.69) is 38.1 Å². The van der Waals surface area contributed by atoms with Gasteiger partial charge >= 0.3 is 0 Å². The summed E-state index contributed by atoms with van der Waals surface area (Å²) in [6.45, 7) is 4.20. The summed E-state index contributed by atoms with van der Waals surface area (Å²) in [5.41, 5.74) is 11.2. The van der Waals surface area contributed by atoms with E-state index < -0.39 is 0 Å². The molecular weight excluding hydrogens is 278 g/mol. The molecule has 0 aliphatic carbocycles. The van der Waals surface area contributed by atoms with Gasteiger partial charge in [0.15, 0.2) is 0 Å². The Balaban J connectivity index is 2.18. The number of nitrogens with two attached hydrogens (primary N) is 1. The van der Waals surface area contributed by atoms with Gasteiger partial charge < -0.3 is 5.73 Å². The highest BCUT2D eigenvalue weighted by Gasteiger charge is 2.14. The third-order valence-electron chi connectivity index (χ3n) is 3.84. The highest BCUT2D eigenvalue weighted by Crippen LogP contribution is 2.32. The van der Waals surface area contributed by atoms with Crippen molar-refractivity contribution in [1.82, 2.24) is 0 Å². The third-order valence-corrected chi connectivity index (χ3v) is 4.17.